The summed E-state index contributed by atoms with van der Waals surface area (Å²) in [5.41, 5.74) is 2.08. The molecule has 50 heavy (non-hydrogen) atoms. The molecule has 13 nitrogen and oxygen atoms in total. The summed E-state index contributed by atoms with van der Waals surface area (Å²) in [6.45, 7) is 3.37. The summed E-state index contributed by atoms with van der Waals surface area (Å²) >= 11 is 0. The van der Waals surface area contributed by atoms with Gasteiger partial charge in [-0.25, -0.2) is 13.8 Å². The van der Waals surface area contributed by atoms with Crippen molar-refractivity contribution in [3.8, 4) is 17.4 Å². The van der Waals surface area contributed by atoms with Crippen LogP contribution < -0.4 is 15.4 Å². The Morgan fingerprint density at radius 1 is 1.18 bits per heavy atom. The summed E-state index contributed by atoms with van der Waals surface area (Å²) < 4.78 is 83.9. The molecule has 7 rings (SSSR count). The van der Waals surface area contributed by atoms with Crippen molar-refractivity contribution < 1.29 is 36.0 Å². The number of fused-ring (bicyclic) bond motifs is 2. The third-order valence-electron chi connectivity index (χ3n) is 9.59. The first-order valence-electron chi connectivity index (χ1n) is 16.0. The molecule has 1 amide bonds. The molecule has 0 aliphatic carbocycles. The summed E-state index contributed by atoms with van der Waals surface area (Å²) in [6, 6.07) is 1.15. The van der Waals surface area contributed by atoms with Crippen molar-refractivity contribution in [2.75, 3.05) is 50.5 Å². The lowest BCUT2D eigenvalue weighted by atomic mass is 9.95. The molecule has 0 radical (unpaired) electrons. The number of nitrogens with zero attached hydrogens (tertiary/aromatic N) is 9. The van der Waals surface area contributed by atoms with E-state index in [2.05, 4.69) is 30.1 Å². The van der Waals surface area contributed by atoms with Crippen molar-refractivity contribution in [3.63, 3.8) is 0 Å². The Balaban J connectivity index is 1.24. The first-order chi connectivity index (χ1) is 23.8. The third-order valence-corrected chi connectivity index (χ3v) is 9.59. The van der Waals surface area contributed by atoms with Gasteiger partial charge in [0.1, 0.15) is 41.3 Å². The zero-order chi connectivity index (χ0) is 35.4. The Kier molecular flexibility index (Phi) is 8.52. The molecule has 18 heteroatoms. The zero-order valence-electron chi connectivity index (χ0n) is 27.1. The van der Waals surface area contributed by atoms with Gasteiger partial charge in [0, 0.05) is 57.5 Å². The molecule has 0 aromatic carbocycles. The Labute approximate surface area is 282 Å². The third kappa shape index (κ3) is 6.27. The summed E-state index contributed by atoms with van der Waals surface area (Å²) in [6.07, 6.45) is 0.391. The second-order valence-corrected chi connectivity index (χ2v) is 12.9. The number of ether oxygens (including phenoxy) is 1. The van der Waals surface area contributed by atoms with E-state index in [0.717, 1.165) is 19.0 Å². The van der Waals surface area contributed by atoms with Crippen LogP contribution in [-0.2, 0) is 11.0 Å². The number of hydrogen-bond acceptors (Lipinski definition) is 12. The molecule has 7 heterocycles. The molecular formula is C32H33F5N10O3. The number of amides is 1. The van der Waals surface area contributed by atoms with E-state index in [-0.39, 0.29) is 72.5 Å². The minimum atomic E-state index is -4.88. The molecule has 1 unspecified atom stereocenters. The maximum atomic E-state index is 16.4. The first-order valence-corrected chi connectivity index (χ1v) is 16.0. The molecule has 3 atom stereocenters. The normalized spacial score (nSPS) is 22.6. The van der Waals surface area contributed by atoms with Gasteiger partial charge in [0.15, 0.2) is 11.6 Å². The number of carbonyl (C=O) groups excluding carboxylic acids is 1. The number of rotatable bonds is 8. The van der Waals surface area contributed by atoms with Crippen LogP contribution in [0.5, 0.6) is 6.01 Å². The van der Waals surface area contributed by atoms with Crippen molar-refractivity contribution in [2.24, 2.45) is 0 Å². The predicted molar refractivity (Wildman–Crippen MR) is 170 cm³/mol. The summed E-state index contributed by atoms with van der Waals surface area (Å²) in [7, 11) is 1.70. The van der Waals surface area contributed by atoms with E-state index in [4.69, 9.17) is 15.0 Å². The average molecular weight is 701 g/mol. The van der Waals surface area contributed by atoms with E-state index in [0.29, 0.717) is 31.3 Å². The number of pyridine rings is 2. The van der Waals surface area contributed by atoms with Crippen LogP contribution in [0.2, 0.25) is 0 Å². The van der Waals surface area contributed by atoms with Gasteiger partial charge in [-0.15, -0.1) is 0 Å². The fourth-order valence-electron chi connectivity index (χ4n) is 7.11. The van der Waals surface area contributed by atoms with Crippen molar-refractivity contribution in [3.05, 3.63) is 47.5 Å². The molecule has 4 aromatic heterocycles. The number of nitrogens with two attached hydrogens (primary N) is 1. The second kappa shape index (κ2) is 12.7. The van der Waals surface area contributed by atoms with E-state index in [1.165, 1.54) is 18.3 Å². The number of aryl methyl sites for hydroxylation is 1. The van der Waals surface area contributed by atoms with Crippen molar-refractivity contribution in [1.29, 1.82) is 0 Å². The molecule has 4 aromatic rings. The Hall–Kier alpha value is -5.00. The van der Waals surface area contributed by atoms with Crippen molar-refractivity contribution in [1.82, 2.24) is 39.9 Å². The highest BCUT2D eigenvalue weighted by atomic mass is 19.4. The van der Waals surface area contributed by atoms with Gasteiger partial charge in [-0.05, 0) is 44.9 Å². The SMILES string of the molecule is Cc1noc(/C=C/C(=O)N2CC[C@@H](N(C)c3nc(OCC45CCCN4C[C@H](F)C5)nc4c(F)c(-c5nc(N)ccc5C(F)(F)F)ncc34)C2)n1. The quantitative estimate of drug-likeness (QED) is 0.207. The van der Waals surface area contributed by atoms with Crippen LogP contribution in [0.4, 0.5) is 33.6 Å². The van der Waals surface area contributed by atoms with Crippen LogP contribution in [-0.4, -0.2) is 103 Å². The minimum absolute atomic E-state index is 0.0360. The predicted octanol–water partition coefficient (Wildman–Crippen LogP) is 4.22. The van der Waals surface area contributed by atoms with E-state index < -0.39 is 40.7 Å². The van der Waals surface area contributed by atoms with Gasteiger partial charge < -0.3 is 24.8 Å². The lowest BCUT2D eigenvalue weighted by molar-refractivity contribution is -0.137. The smallest absolute Gasteiger partial charge is 0.418 e. The molecular weight excluding hydrogens is 667 g/mol. The summed E-state index contributed by atoms with van der Waals surface area (Å²) in [5.74, 6) is -0.920. The number of nitrogen functional groups attached to an aromatic ring is 1. The number of aromatic nitrogens is 6. The fraction of sp³-hybridized carbons (Fsp3) is 0.469. The highest BCUT2D eigenvalue weighted by molar-refractivity contribution is 5.93. The summed E-state index contributed by atoms with van der Waals surface area (Å²) in [5, 5.41) is 3.79. The van der Waals surface area contributed by atoms with Gasteiger partial charge in [0.2, 0.25) is 5.91 Å². The molecule has 0 bridgehead atoms. The lowest BCUT2D eigenvalue weighted by Crippen LogP contribution is -2.43. The van der Waals surface area contributed by atoms with Gasteiger partial charge in [-0.1, -0.05) is 5.16 Å². The molecule has 3 fully saturated rings. The van der Waals surface area contributed by atoms with Gasteiger partial charge >= 0.3 is 12.2 Å². The van der Waals surface area contributed by atoms with E-state index in [1.807, 2.05) is 4.90 Å². The number of likely N-dealkylation sites (tertiary alicyclic amines) is 1. The Morgan fingerprint density at radius 3 is 2.76 bits per heavy atom. The number of carbonyl (C=O) groups is 1. The van der Waals surface area contributed by atoms with Crippen LogP contribution in [0.15, 0.2) is 28.9 Å². The van der Waals surface area contributed by atoms with E-state index in [1.54, 1.807) is 23.8 Å². The molecule has 2 N–H and O–H groups in total. The molecule has 264 valence electrons. The van der Waals surface area contributed by atoms with Gasteiger partial charge in [0.05, 0.1) is 16.5 Å². The van der Waals surface area contributed by atoms with Crippen molar-refractivity contribution in [2.45, 2.75) is 56.5 Å². The fourth-order valence-corrected chi connectivity index (χ4v) is 7.11. The van der Waals surface area contributed by atoms with Crippen LogP contribution in [0.1, 0.15) is 43.0 Å². The maximum Gasteiger partial charge on any atom is 0.418 e. The number of alkyl halides is 4. The monoisotopic (exact) mass is 700 g/mol. The largest absolute Gasteiger partial charge is 0.461 e. The van der Waals surface area contributed by atoms with Crippen LogP contribution in [0.3, 0.4) is 0 Å². The molecule has 3 aliphatic heterocycles. The van der Waals surface area contributed by atoms with Gasteiger partial charge in [0.25, 0.3) is 5.89 Å². The highest BCUT2D eigenvalue weighted by Crippen LogP contribution is 2.42. The number of hydrogen-bond donors (Lipinski definition) is 1. The highest BCUT2D eigenvalue weighted by Gasteiger charge is 2.49. The average Bonchev–Trinajstić information content (AvgIpc) is 3.86. The van der Waals surface area contributed by atoms with Crippen LogP contribution >= 0.6 is 0 Å². The summed E-state index contributed by atoms with van der Waals surface area (Å²) in [4.78, 5) is 39.2. The van der Waals surface area contributed by atoms with E-state index >= 15 is 4.39 Å². The lowest BCUT2D eigenvalue weighted by Gasteiger charge is -2.31. The maximum absolute atomic E-state index is 16.4. The van der Waals surface area contributed by atoms with Crippen LogP contribution in [0, 0.1) is 12.7 Å². The van der Waals surface area contributed by atoms with Crippen LogP contribution in [0.25, 0.3) is 28.4 Å². The van der Waals surface area contributed by atoms with Gasteiger partial charge in [-0.3, -0.25) is 14.7 Å². The molecule has 3 saturated heterocycles. The van der Waals surface area contributed by atoms with E-state index in [9.17, 15) is 22.4 Å². The Morgan fingerprint density at radius 2 is 2.00 bits per heavy atom. The number of likely N-dealkylation sites (N-methyl/N-ethyl adjacent to an activating group) is 1. The first kappa shape index (κ1) is 33.5. The molecule has 0 spiro atoms. The standard InChI is InChI=1S/C32H33F5N10O3/c1-17-40-23(50-44-17)6-7-24(48)46-11-8-19(15-46)45(2)29-20-13-39-28(27-21(32(35,36)37)4-5-22(38)41-27)25(34)26(20)42-30(43-29)49-16-31-9-3-10-47(31)14-18(33)12-31/h4-7,13,18-19H,3,8-12,14-16H2,1-2H3,(H2,38,41)/b7-6+/t18-,19-,31?/m1/s1. The molecule has 3 aliphatic rings. The topological polar surface area (TPSA) is 153 Å². The van der Waals surface area contributed by atoms with Crippen molar-refractivity contribution >= 4 is 34.5 Å². The van der Waals surface area contributed by atoms with Gasteiger partial charge in [-0.2, -0.15) is 28.1 Å². The molecule has 0 saturated carbocycles. The second-order valence-electron chi connectivity index (χ2n) is 12.9. The minimum Gasteiger partial charge on any atom is -0.461 e. The zero-order valence-corrected chi connectivity index (χ0v) is 27.1. The Bertz CT molecular complexity index is 1970. The number of halogens is 5. The number of anilines is 2.